The number of benzene rings is 1. The highest BCUT2D eigenvalue weighted by Crippen LogP contribution is 2.21. The van der Waals surface area contributed by atoms with Gasteiger partial charge >= 0.3 is 5.97 Å². The second-order valence-electron chi connectivity index (χ2n) is 3.39. The van der Waals surface area contributed by atoms with Gasteiger partial charge in [-0.25, -0.2) is 4.39 Å². The summed E-state index contributed by atoms with van der Waals surface area (Å²) in [5, 5.41) is 23.8. The number of hydrogen-bond donors (Lipinski definition) is 3. The molecule has 0 fully saturated rings. The quantitative estimate of drug-likeness (QED) is 0.309. The Morgan fingerprint density at radius 3 is 2.89 bits per heavy atom. The lowest BCUT2D eigenvalue weighted by atomic mass is 10.1. The van der Waals surface area contributed by atoms with E-state index in [0.29, 0.717) is 0 Å². The average molecular weight is 254 g/mol. The van der Waals surface area contributed by atoms with Crippen molar-refractivity contribution in [3.05, 3.63) is 40.0 Å². The molecule has 3 N–H and O–H groups in total. The minimum atomic E-state index is -1.19. The number of nitrogens with zero attached hydrogens (tertiary/aromatic N) is 3. The van der Waals surface area contributed by atoms with Crippen molar-refractivity contribution in [3.8, 4) is 5.75 Å². The molecule has 8 heteroatoms. The summed E-state index contributed by atoms with van der Waals surface area (Å²) in [6.45, 7) is 0.227. The molecule has 0 amide bonds. The number of phenolic OH excluding ortho intramolecular Hbond substituents is 1. The lowest BCUT2D eigenvalue weighted by molar-refractivity contribution is -0.139. The van der Waals surface area contributed by atoms with Gasteiger partial charge in [-0.15, -0.1) is 0 Å². The molecule has 1 aromatic rings. The Balaban J connectivity index is 2.80. The van der Waals surface area contributed by atoms with Gasteiger partial charge in [-0.05, 0) is 23.2 Å². The number of carbonyl (C=O) groups is 1. The molecule has 0 aliphatic rings. The molecule has 0 heterocycles. The van der Waals surface area contributed by atoms with Crippen molar-refractivity contribution in [3.63, 3.8) is 0 Å². The zero-order valence-electron chi connectivity index (χ0n) is 9.25. The summed E-state index contributed by atoms with van der Waals surface area (Å²) in [7, 11) is 0. The standard InChI is InChI=1S/C10H11FN4O3/c11-7-5-6(1-2-8(7)16)9(10(17)18)13-3-4-14-15-12/h1-2,5,9,13,16H,3-4H2,(H,17,18). The maximum absolute atomic E-state index is 13.1. The van der Waals surface area contributed by atoms with Crippen LogP contribution >= 0.6 is 0 Å². The first kappa shape index (κ1) is 13.8. The maximum atomic E-state index is 13.1. The Hall–Kier alpha value is -2.31. The molecular weight excluding hydrogens is 243 g/mol. The SMILES string of the molecule is [N-]=[N+]=NCCNC(C(=O)O)c1ccc(O)c(F)c1. The highest BCUT2D eigenvalue weighted by molar-refractivity contribution is 5.75. The molecule has 7 nitrogen and oxygen atoms in total. The van der Waals surface area contributed by atoms with Gasteiger partial charge in [-0.1, -0.05) is 11.2 Å². The van der Waals surface area contributed by atoms with Crippen molar-refractivity contribution in [2.75, 3.05) is 13.1 Å². The normalized spacial score (nSPS) is 11.6. The molecular formula is C10H11FN4O3. The van der Waals surface area contributed by atoms with Crippen LogP contribution in [-0.2, 0) is 4.79 Å². The second kappa shape index (κ2) is 6.43. The van der Waals surface area contributed by atoms with E-state index in [1.807, 2.05) is 0 Å². The summed E-state index contributed by atoms with van der Waals surface area (Å²) in [5.41, 5.74) is 8.23. The van der Waals surface area contributed by atoms with Crippen LogP contribution in [0.1, 0.15) is 11.6 Å². The highest BCUT2D eigenvalue weighted by atomic mass is 19.1. The van der Waals surface area contributed by atoms with Crippen LogP contribution in [0.4, 0.5) is 4.39 Å². The molecule has 0 spiro atoms. The highest BCUT2D eigenvalue weighted by Gasteiger charge is 2.19. The Morgan fingerprint density at radius 1 is 1.61 bits per heavy atom. The summed E-state index contributed by atoms with van der Waals surface area (Å²) >= 11 is 0. The average Bonchev–Trinajstić information content (AvgIpc) is 2.32. The van der Waals surface area contributed by atoms with E-state index >= 15 is 0 Å². The van der Waals surface area contributed by atoms with E-state index in [1.165, 1.54) is 6.07 Å². The third kappa shape index (κ3) is 3.62. The fourth-order valence-corrected chi connectivity index (χ4v) is 1.35. The number of aliphatic carboxylic acids is 1. The van der Waals surface area contributed by atoms with Gasteiger partial charge in [-0.3, -0.25) is 4.79 Å². The fraction of sp³-hybridized carbons (Fsp3) is 0.300. The number of aromatic hydroxyl groups is 1. The Kier molecular flexibility index (Phi) is 4.91. The Morgan fingerprint density at radius 2 is 2.33 bits per heavy atom. The van der Waals surface area contributed by atoms with Crippen LogP contribution in [0.3, 0.4) is 0 Å². The van der Waals surface area contributed by atoms with Gasteiger partial charge in [0.15, 0.2) is 11.6 Å². The van der Waals surface area contributed by atoms with Gasteiger partial charge in [0.1, 0.15) is 6.04 Å². The van der Waals surface area contributed by atoms with E-state index in [-0.39, 0.29) is 18.7 Å². The summed E-state index contributed by atoms with van der Waals surface area (Å²) < 4.78 is 13.1. The molecule has 18 heavy (non-hydrogen) atoms. The van der Waals surface area contributed by atoms with Gasteiger partial charge in [-0.2, -0.15) is 0 Å². The number of azide groups is 1. The van der Waals surface area contributed by atoms with Crippen LogP contribution in [0.15, 0.2) is 23.3 Å². The fourth-order valence-electron chi connectivity index (χ4n) is 1.35. The first-order valence-corrected chi connectivity index (χ1v) is 5.01. The number of carboxylic acid groups (broad SMARTS) is 1. The summed E-state index contributed by atoms with van der Waals surface area (Å²) in [5.74, 6) is -2.63. The zero-order valence-corrected chi connectivity index (χ0v) is 9.25. The van der Waals surface area contributed by atoms with Crippen LogP contribution < -0.4 is 5.32 Å². The Labute approximate surface area is 101 Å². The van der Waals surface area contributed by atoms with Crippen LogP contribution in [0.5, 0.6) is 5.75 Å². The van der Waals surface area contributed by atoms with Crippen molar-refractivity contribution in [1.82, 2.24) is 5.32 Å². The van der Waals surface area contributed by atoms with Crippen LogP contribution in [0.25, 0.3) is 10.4 Å². The molecule has 0 saturated heterocycles. The molecule has 1 atom stereocenters. The summed E-state index contributed by atoms with van der Waals surface area (Å²) in [6.07, 6.45) is 0. The summed E-state index contributed by atoms with van der Waals surface area (Å²) in [6, 6.07) is 2.19. The molecule has 0 aliphatic heterocycles. The van der Waals surface area contributed by atoms with Crippen molar-refractivity contribution >= 4 is 5.97 Å². The lowest BCUT2D eigenvalue weighted by Gasteiger charge is -2.14. The second-order valence-corrected chi connectivity index (χ2v) is 3.39. The molecule has 0 aromatic heterocycles. The number of nitrogens with one attached hydrogen (secondary N) is 1. The van der Waals surface area contributed by atoms with E-state index in [4.69, 9.17) is 15.7 Å². The number of halogens is 1. The number of hydrogen-bond acceptors (Lipinski definition) is 4. The maximum Gasteiger partial charge on any atom is 0.325 e. The molecule has 1 rings (SSSR count). The van der Waals surface area contributed by atoms with E-state index in [9.17, 15) is 9.18 Å². The van der Waals surface area contributed by atoms with E-state index in [2.05, 4.69) is 15.3 Å². The van der Waals surface area contributed by atoms with Crippen molar-refractivity contribution in [1.29, 1.82) is 0 Å². The van der Waals surface area contributed by atoms with E-state index in [0.717, 1.165) is 12.1 Å². The zero-order chi connectivity index (χ0) is 13.5. The molecule has 0 aliphatic carbocycles. The molecule has 1 aromatic carbocycles. The minimum absolute atomic E-state index is 0.0842. The molecule has 0 bridgehead atoms. The first-order valence-electron chi connectivity index (χ1n) is 5.01. The molecule has 96 valence electrons. The van der Waals surface area contributed by atoms with Gasteiger partial charge in [0.2, 0.25) is 0 Å². The monoisotopic (exact) mass is 254 g/mol. The molecule has 0 saturated carbocycles. The minimum Gasteiger partial charge on any atom is -0.505 e. The largest absolute Gasteiger partial charge is 0.505 e. The van der Waals surface area contributed by atoms with Crippen molar-refractivity contribution < 1.29 is 19.4 Å². The third-order valence-corrected chi connectivity index (χ3v) is 2.18. The van der Waals surface area contributed by atoms with Crippen LogP contribution in [-0.4, -0.2) is 29.3 Å². The topological polar surface area (TPSA) is 118 Å². The van der Waals surface area contributed by atoms with Gasteiger partial charge in [0.05, 0.1) is 0 Å². The predicted molar refractivity (Wildman–Crippen MR) is 60.5 cm³/mol. The van der Waals surface area contributed by atoms with E-state index < -0.39 is 23.6 Å². The number of phenols is 1. The van der Waals surface area contributed by atoms with E-state index in [1.54, 1.807) is 0 Å². The lowest BCUT2D eigenvalue weighted by Crippen LogP contribution is -2.30. The molecule has 0 radical (unpaired) electrons. The van der Waals surface area contributed by atoms with Crippen molar-refractivity contribution in [2.45, 2.75) is 6.04 Å². The van der Waals surface area contributed by atoms with Gasteiger partial charge < -0.3 is 15.5 Å². The Bertz CT molecular complexity index is 488. The first-order chi connectivity index (χ1) is 8.56. The summed E-state index contributed by atoms with van der Waals surface area (Å²) in [4.78, 5) is 13.5. The van der Waals surface area contributed by atoms with Gasteiger partial charge in [0, 0.05) is 18.0 Å². The molecule has 1 unspecified atom stereocenters. The van der Waals surface area contributed by atoms with Crippen molar-refractivity contribution in [2.24, 2.45) is 5.11 Å². The number of rotatable bonds is 6. The van der Waals surface area contributed by atoms with Crippen LogP contribution in [0.2, 0.25) is 0 Å². The third-order valence-electron chi connectivity index (χ3n) is 2.18. The number of carboxylic acids is 1. The van der Waals surface area contributed by atoms with Gasteiger partial charge in [0.25, 0.3) is 0 Å². The van der Waals surface area contributed by atoms with Crippen LogP contribution in [0, 0.1) is 5.82 Å². The smallest absolute Gasteiger partial charge is 0.325 e. The predicted octanol–water partition coefficient (Wildman–Crippen LogP) is 1.56.